The molecule has 7 heteroatoms. The molecule has 0 radical (unpaired) electrons. The number of halogens is 3. The SMILES string of the molecule is CCNc1nc(-c2c(Cl)cccc2Cl)nc(COC)c1I. The summed E-state index contributed by atoms with van der Waals surface area (Å²) in [7, 11) is 1.63. The molecule has 0 fully saturated rings. The van der Waals surface area contributed by atoms with Crippen LogP contribution in [0.25, 0.3) is 11.4 Å². The van der Waals surface area contributed by atoms with E-state index in [0.717, 1.165) is 21.6 Å². The van der Waals surface area contributed by atoms with Crippen molar-refractivity contribution < 1.29 is 4.74 Å². The Bertz CT molecular complexity index is 605. The molecule has 0 amide bonds. The lowest BCUT2D eigenvalue weighted by Gasteiger charge is -2.13. The fourth-order valence-corrected chi connectivity index (χ4v) is 2.99. The van der Waals surface area contributed by atoms with E-state index in [-0.39, 0.29) is 0 Å². The van der Waals surface area contributed by atoms with E-state index in [2.05, 4.69) is 37.9 Å². The highest BCUT2D eigenvalue weighted by Gasteiger charge is 2.17. The molecule has 0 spiro atoms. The van der Waals surface area contributed by atoms with Gasteiger partial charge in [0.2, 0.25) is 0 Å². The molecule has 1 aromatic heterocycles. The van der Waals surface area contributed by atoms with Gasteiger partial charge in [0.1, 0.15) is 5.82 Å². The van der Waals surface area contributed by atoms with Crippen LogP contribution in [0.5, 0.6) is 0 Å². The number of aromatic nitrogens is 2. The van der Waals surface area contributed by atoms with Gasteiger partial charge >= 0.3 is 0 Å². The molecule has 2 rings (SSSR count). The zero-order valence-electron chi connectivity index (χ0n) is 11.6. The Labute approximate surface area is 147 Å². The Hall–Kier alpha value is -0.630. The van der Waals surface area contributed by atoms with Gasteiger partial charge in [-0.15, -0.1) is 0 Å². The standard InChI is InChI=1S/C14H14Cl2IN3O/c1-3-18-14-12(17)10(7-21-2)19-13(20-14)11-8(15)5-4-6-9(11)16/h4-6H,3,7H2,1-2H3,(H,18,19,20). The van der Waals surface area contributed by atoms with Crippen LogP contribution in [0.3, 0.4) is 0 Å². The smallest absolute Gasteiger partial charge is 0.164 e. The fourth-order valence-electron chi connectivity index (χ4n) is 1.83. The van der Waals surface area contributed by atoms with Gasteiger partial charge in [-0.3, -0.25) is 0 Å². The summed E-state index contributed by atoms with van der Waals surface area (Å²) in [6, 6.07) is 5.34. The summed E-state index contributed by atoms with van der Waals surface area (Å²) in [5.74, 6) is 1.25. The zero-order chi connectivity index (χ0) is 15.4. The van der Waals surface area contributed by atoms with E-state index in [1.54, 1.807) is 25.3 Å². The van der Waals surface area contributed by atoms with Gasteiger partial charge in [0.05, 0.1) is 31.5 Å². The van der Waals surface area contributed by atoms with Crippen molar-refractivity contribution in [1.82, 2.24) is 9.97 Å². The van der Waals surface area contributed by atoms with Crippen LogP contribution in [0.1, 0.15) is 12.6 Å². The zero-order valence-corrected chi connectivity index (χ0v) is 15.3. The summed E-state index contributed by atoms with van der Waals surface area (Å²) >= 11 is 14.7. The van der Waals surface area contributed by atoms with Crippen molar-refractivity contribution in [2.45, 2.75) is 13.5 Å². The monoisotopic (exact) mass is 437 g/mol. The molecule has 0 unspecified atom stereocenters. The number of benzene rings is 1. The van der Waals surface area contributed by atoms with Crippen molar-refractivity contribution in [3.05, 3.63) is 37.5 Å². The van der Waals surface area contributed by atoms with E-state index in [4.69, 9.17) is 27.9 Å². The normalized spacial score (nSPS) is 10.7. The third kappa shape index (κ3) is 3.77. The minimum atomic E-state index is 0.397. The Morgan fingerprint density at radius 3 is 2.48 bits per heavy atom. The molecule has 1 N–H and O–H groups in total. The lowest BCUT2D eigenvalue weighted by Crippen LogP contribution is -2.09. The number of rotatable bonds is 5. The second-order valence-corrected chi connectivity index (χ2v) is 6.11. The number of ether oxygens (including phenoxy) is 1. The molecule has 0 bridgehead atoms. The van der Waals surface area contributed by atoms with Crippen molar-refractivity contribution in [2.75, 3.05) is 19.0 Å². The molecule has 2 aromatic rings. The molecule has 0 aliphatic heterocycles. The van der Waals surface area contributed by atoms with Gasteiger partial charge in [0.15, 0.2) is 5.82 Å². The van der Waals surface area contributed by atoms with Gasteiger partial charge in [0.25, 0.3) is 0 Å². The number of nitrogens with one attached hydrogen (secondary N) is 1. The van der Waals surface area contributed by atoms with Crippen LogP contribution in [-0.2, 0) is 11.3 Å². The number of nitrogens with zero attached hydrogens (tertiary/aromatic N) is 2. The van der Waals surface area contributed by atoms with E-state index in [1.165, 1.54) is 0 Å². The van der Waals surface area contributed by atoms with E-state index in [9.17, 15) is 0 Å². The maximum absolute atomic E-state index is 6.24. The number of hydrogen-bond donors (Lipinski definition) is 1. The second kappa shape index (κ2) is 7.58. The first-order valence-corrected chi connectivity index (χ1v) is 8.15. The van der Waals surface area contributed by atoms with Crippen molar-refractivity contribution >= 4 is 51.6 Å². The summed E-state index contributed by atoms with van der Waals surface area (Å²) in [6.45, 7) is 3.17. The van der Waals surface area contributed by atoms with Crippen molar-refractivity contribution in [3.8, 4) is 11.4 Å². The van der Waals surface area contributed by atoms with Crippen LogP contribution >= 0.6 is 45.8 Å². The molecule has 1 heterocycles. The van der Waals surface area contributed by atoms with Crippen molar-refractivity contribution in [1.29, 1.82) is 0 Å². The quantitative estimate of drug-likeness (QED) is 0.692. The molecule has 0 aliphatic carbocycles. The van der Waals surface area contributed by atoms with Crippen LogP contribution < -0.4 is 5.32 Å². The number of hydrogen-bond acceptors (Lipinski definition) is 4. The molecule has 0 saturated heterocycles. The Balaban J connectivity index is 2.63. The minimum absolute atomic E-state index is 0.397. The summed E-state index contributed by atoms with van der Waals surface area (Å²) in [5.41, 5.74) is 1.43. The van der Waals surface area contributed by atoms with Crippen LogP contribution in [0.15, 0.2) is 18.2 Å². The predicted molar refractivity (Wildman–Crippen MR) is 95.1 cm³/mol. The van der Waals surface area contributed by atoms with Crippen molar-refractivity contribution in [2.24, 2.45) is 0 Å². The molecular formula is C14H14Cl2IN3O. The van der Waals surface area contributed by atoms with Crippen LogP contribution in [-0.4, -0.2) is 23.6 Å². The summed E-state index contributed by atoms with van der Waals surface area (Å²) in [4.78, 5) is 9.09. The minimum Gasteiger partial charge on any atom is -0.378 e. The van der Waals surface area contributed by atoms with Gasteiger partial charge in [-0.25, -0.2) is 9.97 Å². The highest BCUT2D eigenvalue weighted by molar-refractivity contribution is 14.1. The number of methoxy groups -OCH3 is 1. The Morgan fingerprint density at radius 1 is 1.24 bits per heavy atom. The Kier molecular flexibility index (Phi) is 6.04. The first-order valence-electron chi connectivity index (χ1n) is 6.32. The summed E-state index contributed by atoms with van der Waals surface area (Å²) in [6.07, 6.45) is 0. The molecule has 4 nitrogen and oxygen atoms in total. The lowest BCUT2D eigenvalue weighted by atomic mass is 10.2. The number of anilines is 1. The van der Waals surface area contributed by atoms with Gasteiger partial charge in [-0.05, 0) is 41.6 Å². The highest BCUT2D eigenvalue weighted by Crippen LogP contribution is 2.34. The van der Waals surface area contributed by atoms with E-state index >= 15 is 0 Å². The van der Waals surface area contributed by atoms with Crippen LogP contribution in [0, 0.1) is 3.57 Å². The Morgan fingerprint density at radius 2 is 1.90 bits per heavy atom. The van der Waals surface area contributed by atoms with Gasteiger partial charge in [0, 0.05) is 13.7 Å². The third-order valence-corrected chi connectivity index (χ3v) is 4.49. The largest absolute Gasteiger partial charge is 0.378 e. The molecule has 0 aliphatic rings. The topological polar surface area (TPSA) is 47.0 Å². The molecule has 112 valence electrons. The average molecular weight is 438 g/mol. The molecular weight excluding hydrogens is 424 g/mol. The molecule has 21 heavy (non-hydrogen) atoms. The van der Waals surface area contributed by atoms with Crippen LogP contribution in [0.4, 0.5) is 5.82 Å². The maximum Gasteiger partial charge on any atom is 0.164 e. The molecule has 0 atom stereocenters. The summed E-state index contributed by atoms with van der Waals surface area (Å²) in [5, 5.41) is 4.27. The third-order valence-electron chi connectivity index (χ3n) is 2.73. The van der Waals surface area contributed by atoms with Gasteiger partial charge < -0.3 is 10.1 Å². The maximum atomic E-state index is 6.24. The summed E-state index contributed by atoms with van der Waals surface area (Å²) < 4.78 is 6.14. The van der Waals surface area contributed by atoms with E-state index in [1.807, 2.05) is 6.92 Å². The van der Waals surface area contributed by atoms with Crippen molar-refractivity contribution in [3.63, 3.8) is 0 Å². The highest BCUT2D eigenvalue weighted by atomic mass is 127. The van der Waals surface area contributed by atoms with Gasteiger partial charge in [-0.2, -0.15) is 0 Å². The van der Waals surface area contributed by atoms with Gasteiger partial charge in [-0.1, -0.05) is 29.3 Å². The first-order chi connectivity index (χ1) is 10.1. The fraction of sp³-hybridized carbons (Fsp3) is 0.286. The van der Waals surface area contributed by atoms with Crippen LogP contribution in [0.2, 0.25) is 10.0 Å². The van der Waals surface area contributed by atoms with E-state index in [0.29, 0.717) is 28.0 Å². The average Bonchev–Trinajstić information content (AvgIpc) is 2.44. The first kappa shape index (κ1) is 16.7. The second-order valence-electron chi connectivity index (χ2n) is 4.22. The molecule has 0 saturated carbocycles. The lowest BCUT2D eigenvalue weighted by molar-refractivity contribution is 0.181. The molecule has 1 aromatic carbocycles. The van der Waals surface area contributed by atoms with E-state index < -0.39 is 0 Å². The predicted octanol–water partition coefficient (Wildman–Crippen LogP) is 4.63.